The third-order valence-electron chi connectivity index (χ3n) is 2.80. The smallest absolute Gasteiger partial charge is 0.223 e. The van der Waals surface area contributed by atoms with Crippen molar-refractivity contribution in [2.75, 3.05) is 0 Å². The molecule has 2 aromatic rings. The summed E-state index contributed by atoms with van der Waals surface area (Å²) in [5.74, 6) is 1.21. The van der Waals surface area contributed by atoms with E-state index in [1.54, 1.807) is 0 Å². The van der Waals surface area contributed by atoms with E-state index in [2.05, 4.69) is 18.8 Å². The summed E-state index contributed by atoms with van der Waals surface area (Å²) >= 11 is 5.75. The zero-order chi connectivity index (χ0) is 13.8. The summed E-state index contributed by atoms with van der Waals surface area (Å²) in [6.07, 6.45) is 1.12. The maximum atomic E-state index is 13.0. The molecular weight excluding hydrogens is 265 g/mol. The van der Waals surface area contributed by atoms with Crippen molar-refractivity contribution in [2.45, 2.75) is 25.6 Å². The third kappa shape index (κ3) is 3.44. The van der Waals surface area contributed by atoms with Crippen molar-refractivity contribution in [1.29, 1.82) is 0 Å². The molecule has 0 radical (unpaired) electrons. The van der Waals surface area contributed by atoms with E-state index in [0.717, 1.165) is 6.20 Å². The van der Waals surface area contributed by atoms with Gasteiger partial charge in [0.15, 0.2) is 0 Å². The largest absolute Gasteiger partial charge is 0.439 e. The van der Waals surface area contributed by atoms with Crippen LogP contribution >= 0.6 is 11.6 Å². The van der Waals surface area contributed by atoms with Crippen molar-refractivity contribution < 1.29 is 9.13 Å². The van der Waals surface area contributed by atoms with Gasteiger partial charge >= 0.3 is 0 Å². The van der Waals surface area contributed by atoms with E-state index in [0.29, 0.717) is 23.1 Å². The molecule has 0 aliphatic carbocycles. The second kappa shape index (κ2) is 6.02. The Labute approximate surface area is 117 Å². The fourth-order valence-electron chi connectivity index (χ4n) is 1.69. The maximum Gasteiger partial charge on any atom is 0.223 e. The van der Waals surface area contributed by atoms with Gasteiger partial charge in [-0.25, -0.2) is 9.37 Å². The zero-order valence-electron chi connectivity index (χ0n) is 10.9. The van der Waals surface area contributed by atoms with Crippen molar-refractivity contribution >= 4 is 11.6 Å². The molecular formula is C15H15ClFNO. The van der Waals surface area contributed by atoms with E-state index in [1.165, 1.54) is 11.6 Å². The molecule has 0 unspecified atom stereocenters. The molecule has 0 aliphatic rings. The highest BCUT2D eigenvalue weighted by Gasteiger charge is 2.08. The Morgan fingerprint density at radius 1 is 1.26 bits per heavy atom. The van der Waals surface area contributed by atoms with Gasteiger partial charge in [-0.05, 0) is 29.7 Å². The van der Waals surface area contributed by atoms with Gasteiger partial charge in [-0.3, -0.25) is 0 Å². The number of nitrogens with zero attached hydrogens (tertiary/aromatic N) is 1. The highest BCUT2D eigenvalue weighted by molar-refractivity contribution is 6.17. The van der Waals surface area contributed by atoms with Gasteiger partial charge in [0.2, 0.25) is 5.88 Å². The maximum absolute atomic E-state index is 13.0. The number of aromatic nitrogens is 1. The molecule has 1 aromatic heterocycles. The first-order chi connectivity index (χ1) is 9.10. The van der Waals surface area contributed by atoms with Gasteiger partial charge in [-0.2, -0.15) is 0 Å². The van der Waals surface area contributed by atoms with Gasteiger partial charge in [-0.15, -0.1) is 11.6 Å². The van der Waals surface area contributed by atoms with E-state index >= 15 is 0 Å². The van der Waals surface area contributed by atoms with E-state index < -0.39 is 5.82 Å². The molecule has 0 bridgehead atoms. The first-order valence-corrected chi connectivity index (χ1v) is 6.62. The molecule has 0 saturated heterocycles. The van der Waals surface area contributed by atoms with E-state index in [4.69, 9.17) is 16.3 Å². The number of rotatable bonds is 4. The van der Waals surface area contributed by atoms with Crippen LogP contribution < -0.4 is 4.74 Å². The highest BCUT2D eigenvalue weighted by Crippen LogP contribution is 2.26. The topological polar surface area (TPSA) is 22.1 Å². The van der Waals surface area contributed by atoms with Crippen LogP contribution in [0.2, 0.25) is 0 Å². The van der Waals surface area contributed by atoms with Crippen molar-refractivity contribution in [2.24, 2.45) is 0 Å². The lowest BCUT2D eigenvalue weighted by molar-refractivity contribution is 0.454. The van der Waals surface area contributed by atoms with Crippen LogP contribution in [0.4, 0.5) is 4.39 Å². The zero-order valence-corrected chi connectivity index (χ0v) is 11.6. The van der Waals surface area contributed by atoms with Crippen LogP contribution in [0.25, 0.3) is 0 Å². The average molecular weight is 280 g/mol. The number of alkyl halides is 1. The van der Waals surface area contributed by atoms with Gasteiger partial charge in [-0.1, -0.05) is 26.0 Å². The summed E-state index contributed by atoms with van der Waals surface area (Å²) < 4.78 is 18.7. The molecule has 0 spiro atoms. The highest BCUT2D eigenvalue weighted by atomic mass is 35.5. The monoisotopic (exact) mass is 279 g/mol. The lowest BCUT2D eigenvalue weighted by Gasteiger charge is -2.10. The molecule has 2 nitrogen and oxygen atoms in total. The Balaban J connectivity index is 2.21. The molecule has 0 atom stereocenters. The van der Waals surface area contributed by atoms with Gasteiger partial charge < -0.3 is 4.74 Å². The van der Waals surface area contributed by atoms with Gasteiger partial charge in [0, 0.05) is 5.56 Å². The Bertz CT molecular complexity index is 555. The predicted molar refractivity (Wildman–Crippen MR) is 74.4 cm³/mol. The molecule has 2 rings (SSSR count). The van der Waals surface area contributed by atoms with Crippen molar-refractivity contribution in [3.05, 3.63) is 53.5 Å². The van der Waals surface area contributed by atoms with Crippen LogP contribution in [0.1, 0.15) is 30.9 Å². The van der Waals surface area contributed by atoms with Gasteiger partial charge in [0.05, 0.1) is 12.1 Å². The van der Waals surface area contributed by atoms with Crippen LogP contribution in [-0.4, -0.2) is 4.98 Å². The lowest BCUT2D eigenvalue weighted by atomic mass is 10.0. The summed E-state index contributed by atoms with van der Waals surface area (Å²) in [5.41, 5.74) is 1.77. The summed E-state index contributed by atoms with van der Waals surface area (Å²) in [7, 11) is 0. The quantitative estimate of drug-likeness (QED) is 0.745. The number of halogens is 2. The molecule has 4 heteroatoms. The summed E-state index contributed by atoms with van der Waals surface area (Å²) in [6, 6.07) is 9.09. The molecule has 19 heavy (non-hydrogen) atoms. The van der Waals surface area contributed by atoms with Crippen molar-refractivity contribution in [3.63, 3.8) is 0 Å². The van der Waals surface area contributed by atoms with Gasteiger partial charge in [0.1, 0.15) is 11.6 Å². The van der Waals surface area contributed by atoms with Crippen molar-refractivity contribution in [1.82, 2.24) is 4.98 Å². The van der Waals surface area contributed by atoms with Gasteiger partial charge in [0.25, 0.3) is 0 Å². The fourth-order valence-corrected chi connectivity index (χ4v) is 1.88. The standard InChI is InChI=1S/C15H15ClFNO/c1-10(2)11-3-5-14(6-4-11)19-15-12(8-16)7-13(17)9-18-15/h3-7,9-10H,8H2,1-2H3. The molecule has 1 aromatic carbocycles. The normalized spacial score (nSPS) is 10.8. The summed E-state index contributed by atoms with van der Waals surface area (Å²) in [6.45, 7) is 4.26. The number of hydrogen-bond acceptors (Lipinski definition) is 2. The number of hydrogen-bond donors (Lipinski definition) is 0. The molecule has 0 fully saturated rings. The van der Waals surface area contributed by atoms with Crippen LogP contribution in [0.15, 0.2) is 36.5 Å². The minimum atomic E-state index is -0.418. The Hall–Kier alpha value is -1.61. The Morgan fingerprint density at radius 2 is 1.95 bits per heavy atom. The minimum Gasteiger partial charge on any atom is -0.439 e. The fraction of sp³-hybridized carbons (Fsp3) is 0.267. The summed E-state index contributed by atoms with van der Waals surface area (Å²) in [5, 5.41) is 0. The van der Waals surface area contributed by atoms with Crippen LogP contribution in [0.5, 0.6) is 11.6 Å². The summed E-state index contributed by atoms with van der Waals surface area (Å²) in [4.78, 5) is 3.92. The van der Waals surface area contributed by atoms with E-state index in [1.807, 2.05) is 24.3 Å². The van der Waals surface area contributed by atoms with E-state index in [9.17, 15) is 4.39 Å². The van der Waals surface area contributed by atoms with E-state index in [-0.39, 0.29) is 5.88 Å². The Kier molecular flexibility index (Phi) is 4.38. The van der Waals surface area contributed by atoms with Crippen LogP contribution in [-0.2, 0) is 5.88 Å². The SMILES string of the molecule is CC(C)c1ccc(Oc2ncc(F)cc2CCl)cc1. The number of pyridine rings is 1. The number of ether oxygens (including phenoxy) is 1. The molecule has 0 N–H and O–H groups in total. The molecule has 0 amide bonds. The second-order valence-electron chi connectivity index (χ2n) is 4.58. The minimum absolute atomic E-state index is 0.157. The van der Waals surface area contributed by atoms with Crippen LogP contribution in [0.3, 0.4) is 0 Å². The molecule has 0 aliphatic heterocycles. The lowest BCUT2D eigenvalue weighted by Crippen LogP contribution is -1.95. The van der Waals surface area contributed by atoms with Crippen molar-refractivity contribution in [3.8, 4) is 11.6 Å². The first-order valence-electron chi connectivity index (χ1n) is 6.08. The molecule has 100 valence electrons. The Morgan fingerprint density at radius 3 is 2.53 bits per heavy atom. The first kappa shape index (κ1) is 13.8. The molecule has 1 heterocycles. The second-order valence-corrected chi connectivity index (χ2v) is 4.84. The molecule has 0 saturated carbocycles. The predicted octanol–water partition coefficient (Wildman–Crippen LogP) is 4.88. The van der Waals surface area contributed by atoms with Crippen LogP contribution in [0, 0.1) is 5.82 Å². The number of benzene rings is 1. The average Bonchev–Trinajstić information content (AvgIpc) is 2.41. The third-order valence-corrected chi connectivity index (χ3v) is 3.09.